The van der Waals surface area contributed by atoms with Gasteiger partial charge in [-0.1, -0.05) is 35.3 Å². The molecule has 0 amide bonds. The Morgan fingerprint density at radius 1 is 1.08 bits per heavy atom. The second-order valence-electron chi connectivity index (χ2n) is 5.86. The van der Waals surface area contributed by atoms with Gasteiger partial charge in [0.25, 0.3) is 0 Å². The summed E-state index contributed by atoms with van der Waals surface area (Å²) in [6.45, 7) is 2.12. The molecule has 1 N–H and O–H groups in total. The molecular formula is C17H18Cl2N2O2S. The van der Waals surface area contributed by atoms with Crippen LogP contribution in [0.15, 0.2) is 53.4 Å². The number of benzene rings is 2. The van der Waals surface area contributed by atoms with E-state index in [1.165, 1.54) is 6.07 Å². The lowest BCUT2D eigenvalue weighted by Crippen LogP contribution is -2.31. The summed E-state index contributed by atoms with van der Waals surface area (Å²) in [5.41, 5.74) is 1.11. The minimum atomic E-state index is -3.58. The van der Waals surface area contributed by atoms with E-state index in [0.717, 1.165) is 25.2 Å². The van der Waals surface area contributed by atoms with E-state index in [-0.39, 0.29) is 15.8 Å². The van der Waals surface area contributed by atoms with Gasteiger partial charge in [-0.2, -0.15) is 0 Å². The average Bonchev–Trinajstić information content (AvgIpc) is 3.03. The fraction of sp³-hybridized carbons (Fsp3) is 0.294. The number of hydrogen-bond acceptors (Lipinski definition) is 3. The summed E-state index contributed by atoms with van der Waals surface area (Å²) in [7, 11) is -3.58. The topological polar surface area (TPSA) is 49.4 Å². The smallest absolute Gasteiger partial charge is 0.242 e. The summed E-state index contributed by atoms with van der Waals surface area (Å²) in [6.07, 6.45) is 0.938. The summed E-state index contributed by atoms with van der Waals surface area (Å²) < 4.78 is 27.4. The first-order valence-corrected chi connectivity index (χ1v) is 9.94. The Kier molecular flexibility index (Phi) is 5.35. The maximum atomic E-state index is 12.4. The molecule has 7 heteroatoms. The monoisotopic (exact) mass is 384 g/mol. The van der Waals surface area contributed by atoms with Crippen LogP contribution < -0.4 is 9.62 Å². The van der Waals surface area contributed by atoms with Crippen molar-refractivity contribution >= 4 is 38.9 Å². The lowest BCUT2D eigenvalue weighted by atomic mass is 10.1. The minimum Gasteiger partial charge on any atom is -0.371 e. The van der Waals surface area contributed by atoms with E-state index >= 15 is 0 Å². The first-order valence-electron chi connectivity index (χ1n) is 7.70. The third-order valence-corrected chi connectivity index (χ3v) is 6.34. The van der Waals surface area contributed by atoms with E-state index in [9.17, 15) is 8.42 Å². The molecule has 1 saturated heterocycles. The molecule has 0 saturated carbocycles. The first kappa shape index (κ1) is 17.5. The lowest BCUT2D eigenvalue weighted by Gasteiger charge is -2.19. The van der Waals surface area contributed by atoms with Crippen molar-refractivity contribution in [2.24, 2.45) is 5.92 Å². The molecule has 1 aliphatic heterocycles. The van der Waals surface area contributed by atoms with Gasteiger partial charge in [0, 0.05) is 30.3 Å². The summed E-state index contributed by atoms with van der Waals surface area (Å²) in [6, 6.07) is 14.2. The second-order valence-corrected chi connectivity index (χ2v) is 8.44. The maximum Gasteiger partial charge on any atom is 0.242 e. The highest BCUT2D eigenvalue weighted by molar-refractivity contribution is 7.89. The van der Waals surface area contributed by atoms with E-state index in [4.69, 9.17) is 23.2 Å². The summed E-state index contributed by atoms with van der Waals surface area (Å²) in [5, 5.41) is 0.946. The lowest BCUT2D eigenvalue weighted by molar-refractivity contribution is 0.541. The highest BCUT2D eigenvalue weighted by atomic mass is 35.5. The molecule has 0 radical (unpaired) electrons. The van der Waals surface area contributed by atoms with E-state index in [0.29, 0.717) is 11.6 Å². The Morgan fingerprint density at radius 3 is 2.50 bits per heavy atom. The molecular weight excluding hydrogens is 367 g/mol. The fourth-order valence-corrected chi connectivity index (χ4v) is 4.61. The molecule has 1 heterocycles. The van der Waals surface area contributed by atoms with Gasteiger partial charge in [-0.15, -0.1) is 0 Å². The molecule has 1 aliphatic rings. The van der Waals surface area contributed by atoms with E-state index in [1.54, 1.807) is 18.2 Å². The first-order chi connectivity index (χ1) is 11.5. The molecule has 4 nitrogen and oxygen atoms in total. The van der Waals surface area contributed by atoms with Crippen LogP contribution in [0.2, 0.25) is 10.0 Å². The molecule has 3 rings (SSSR count). The predicted molar refractivity (Wildman–Crippen MR) is 98.4 cm³/mol. The Balaban J connectivity index is 1.60. The number of nitrogens with one attached hydrogen (secondary N) is 1. The van der Waals surface area contributed by atoms with Crippen LogP contribution in [0.1, 0.15) is 6.42 Å². The highest BCUT2D eigenvalue weighted by Crippen LogP contribution is 2.26. The summed E-state index contributed by atoms with van der Waals surface area (Å²) in [5.74, 6) is 0.262. The molecule has 2 aromatic rings. The maximum absolute atomic E-state index is 12.4. The number of sulfonamides is 1. The zero-order chi connectivity index (χ0) is 17.2. The third kappa shape index (κ3) is 4.03. The van der Waals surface area contributed by atoms with Gasteiger partial charge in [0.1, 0.15) is 4.90 Å². The van der Waals surface area contributed by atoms with Crippen molar-refractivity contribution in [1.82, 2.24) is 4.72 Å². The molecule has 1 fully saturated rings. The van der Waals surface area contributed by atoms with Gasteiger partial charge in [-0.3, -0.25) is 0 Å². The van der Waals surface area contributed by atoms with Crippen molar-refractivity contribution in [3.05, 3.63) is 58.6 Å². The SMILES string of the molecule is O=S(=O)(NCC1CCN(c2ccc(Cl)cc2)C1)c1ccccc1Cl. The van der Waals surface area contributed by atoms with Crippen molar-refractivity contribution in [3.8, 4) is 0 Å². The molecule has 0 aliphatic carbocycles. The van der Waals surface area contributed by atoms with Crippen LogP contribution in [0.3, 0.4) is 0 Å². The fourth-order valence-electron chi connectivity index (χ4n) is 2.85. The van der Waals surface area contributed by atoms with Gasteiger partial charge in [-0.25, -0.2) is 13.1 Å². The normalized spacial score (nSPS) is 18.1. The number of anilines is 1. The summed E-state index contributed by atoms with van der Waals surface area (Å²) >= 11 is 11.9. The number of rotatable bonds is 5. The Labute approximate surface area is 152 Å². The Morgan fingerprint density at radius 2 is 1.79 bits per heavy atom. The van der Waals surface area contributed by atoms with E-state index in [1.807, 2.05) is 24.3 Å². The molecule has 1 atom stereocenters. The quantitative estimate of drug-likeness (QED) is 0.852. The number of nitrogens with zero attached hydrogens (tertiary/aromatic N) is 1. The minimum absolute atomic E-state index is 0.124. The van der Waals surface area contributed by atoms with Gasteiger partial charge in [0.05, 0.1) is 5.02 Å². The standard InChI is InChI=1S/C17H18Cl2N2O2S/c18-14-5-7-15(8-6-14)21-10-9-13(12-21)11-20-24(22,23)17-4-2-1-3-16(17)19/h1-8,13,20H,9-12H2. The second kappa shape index (κ2) is 7.31. The van der Waals surface area contributed by atoms with Crippen LogP contribution >= 0.6 is 23.2 Å². The number of halogens is 2. The van der Waals surface area contributed by atoms with Crippen molar-refractivity contribution in [2.45, 2.75) is 11.3 Å². The van der Waals surface area contributed by atoms with Crippen molar-refractivity contribution in [3.63, 3.8) is 0 Å². The van der Waals surface area contributed by atoms with Crippen molar-refractivity contribution < 1.29 is 8.42 Å². The van der Waals surface area contributed by atoms with Gasteiger partial charge in [0.15, 0.2) is 0 Å². The molecule has 0 aromatic heterocycles. The molecule has 128 valence electrons. The van der Waals surface area contributed by atoms with Gasteiger partial charge < -0.3 is 4.90 Å². The van der Waals surface area contributed by atoms with Crippen LogP contribution in [0.4, 0.5) is 5.69 Å². The van der Waals surface area contributed by atoms with Crippen LogP contribution in [0.5, 0.6) is 0 Å². The van der Waals surface area contributed by atoms with Crippen LogP contribution in [0.25, 0.3) is 0 Å². The van der Waals surface area contributed by atoms with Crippen LogP contribution in [-0.2, 0) is 10.0 Å². The van der Waals surface area contributed by atoms with Crippen molar-refractivity contribution in [1.29, 1.82) is 0 Å². The number of hydrogen-bond donors (Lipinski definition) is 1. The molecule has 0 bridgehead atoms. The Hall–Kier alpha value is -1.27. The zero-order valence-electron chi connectivity index (χ0n) is 13.0. The predicted octanol–water partition coefficient (Wildman–Crippen LogP) is 3.80. The zero-order valence-corrected chi connectivity index (χ0v) is 15.3. The average molecular weight is 385 g/mol. The van der Waals surface area contributed by atoms with Gasteiger partial charge >= 0.3 is 0 Å². The van der Waals surface area contributed by atoms with Crippen molar-refractivity contribution in [2.75, 3.05) is 24.5 Å². The largest absolute Gasteiger partial charge is 0.371 e. The van der Waals surface area contributed by atoms with Gasteiger partial charge in [-0.05, 0) is 48.7 Å². The van der Waals surface area contributed by atoms with E-state index in [2.05, 4.69) is 9.62 Å². The summed E-state index contributed by atoms with van der Waals surface area (Å²) in [4.78, 5) is 2.37. The molecule has 0 spiro atoms. The molecule has 24 heavy (non-hydrogen) atoms. The third-order valence-electron chi connectivity index (χ3n) is 4.17. The Bertz CT molecular complexity index is 810. The van der Waals surface area contributed by atoms with Gasteiger partial charge in [0.2, 0.25) is 10.0 Å². The van der Waals surface area contributed by atoms with Crippen LogP contribution in [0, 0.1) is 5.92 Å². The molecule has 2 aromatic carbocycles. The van der Waals surface area contributed by atoms with Crippen LogP contribution in [-0.4, -0.2) is 28.1 Å². The highest BCUT2D eigenvalue weighted by Gasteiger charge is 2.25. The van der Waals surface area contributed by atoms with E-state index < -0.39 is 10.0 Å². The molecule has 1 unspecified atom stereocenters.